The molecule has 0 aliphatic rings. The molecule has 0 saturated heterocycles. The molecule has 3 nitrogen and oxygen atoms in total. The highest BCUT2D eigenvalue weighted by molar-refractivity contribution is 9.11. The maximum atomic E-state index is 9.51. The number of rotatable bonds is 2. The minimum absolute atomic E-state index is 0.00558. The lowest BCUT2D eigenvalue weighted by atomic mass is 10.2. The van der Waals surface area contributed by atoms with Crippen molar-refractivity contribution in [3.05, 3.63) is 50.9 Å². The van der Waals surface area contributed by atoms with Gasteiger partial charge in [-0.1, -0.05) is 12.1 Å². The standard InChI is InChI=1S/C13H7Br2NO2/c14-9-3-1-2-4-12(9)18-11-6-5-10(17)13(15)8(11)7-16/h1-6,17H. The molecule has 0 aliphatic heterocycles. The zero-order chi connectivity index (χ0) is 13.1. The lowest BCUT2D eigenvalue weighted by Crippen LogP contribution is -1.90. The van der Waals surface area contributed by atoms with Crippen LogP contribution in [0.1, 0.15) is 5.56 Å². The van der Waals surface area contributed by atoms with Gasteiger partial charge in [0.05, 0.1) is 8.95 Å². The molecule has 0 amide bonds. The summed E-state index contributed by atoms with van der Waals surface area (Å²) in [5.41, 5.74) is 0.255. The van der Waals surface area contributed by atoms with Gasteiger partial charge >= 0.3 is 0 Å². The third kappa shape index (κ3) is 2.50. The number of ether oxygens (including phenoxy) is 1. The Kier molecular flexibility index (Phi) is 3.90. The third-order valence-corrected chi connectivity index (χ3v) is 3.71. The molecule has 0 unspecified atom stereocenters. The number of nitrogens with zero attached hydrogens (tertiary/aromatic N) is 1. The normalized spacial score (nSPS) is 9.83. The SMILES string of the molecule is N#Cc1c(Oc2ccccc2Br)ccc(O)c1Br. The summed E-state index contributed by atoms with van der Waals surface area (Å²) in [5, 5.41) is 18.6. The van der Waals surface area contributed by atoms with E-state index in [1.807, 2.05) is 24.3 Å². The van der Waals surface area contributed by atoms with Gasteiger partial charge in [0.1, 0.15) is 28.9 Å². The van der Waals surface area contributed by atoms with Gasteiger partial charge < -0.3 is 9.84 Å². The van der Waals surface area contributed by atoms with Crippen LogP contribution in [-0.4, -0.2) is 5.11 Å². The lowest BCUT2D eigenvalue weighted by molar-refractivity contribution is 0.459. The maximum absolute atomic E-state index is 9.51. The number of halogens is 2. The average molecular weight is 369 g/mol. The first kappa shape index (κ1) is 12.9. The highest BCUT2D eigenvalue weighted by atomic mass is 79.9. The van der Waals surface area contributed by atoms with E-state index in [0.29, 0.717) is 16.0 Å². The number of phenolic OH excluding ortho intramolecular Hbond substituents is 1. The summed E-state index contributed by atoms with van der Waals surface area (Å²) in [6, 6.07) is 12.4. The van der Waals surface area contributed by atoms with Crippen LogP contribution in [0, 0.1) is 11.3 Å². The molecule has 2 aromatic rings. The first-order valence-electron chi connectivity index (χ1n) is 4.97. The molecule has 0 bridgehead atoms. The number of benzene rings is 2. The second kappa shape index (κ2) is 5.42. The molecule has 0 radical (unpaired) electrons. The monoisotopic (exact) mass is 367 g/mol. The molecule has 0 saturated carbocycles. The van der Waals surface area contributed by atoms with Crippen LogP contribution in [0.4, 0.5) is 0 Å². The van der Waals surface area contributed by atoms with E-state index in [-0.39, 0.29) is 11.3 Å². The fourth-order valence-corrected chi connectivity index (χ4v) is 2.16. The number of para-hydroxylation sites is 1. The van der Waals surface area contributed by atoms with E-state index < -0.39 is 0 Å². The van der Waals surface area contributed by atoms with Crippen molar-refractivity contribution in [2.24, 2.45) is 0 Å². The number of hydrogen-bond acceptors (Lipinski definition) is 3. The number of phenols is 1. The summed E-state index contributed by atoms with van der Waals surface area (Å²) in [6.45, 7) is 0. The average Bonchev–Trinajstić information content (AvgIpc) is 2.37. The van der Waals surface area contributed by atoms with Crippen molar-refractivity contribution < 1.29 is 9.84 Å². The van der Waals surface area contributed by atoms with Crippen molar-refractivity contribution in [2.45, 2.75) is 0 Å². The molecular formula is C13H7Br2NO2. The zero-order valence-electron chi connectivity index (χ0n) is 9.02. The number of nitriles is 1. The molecule has 18 heavy (non-hydrogen) atoms. The third-order valence-electron chi connectivity index (χ3n) is 2.25. The van der Waals surface area contributed by atoms with Gasteiger partial charge in [0, 0.05) is 0 Å². The van der Waals surface area contributed by atoms with E-state index in [1.54, 1.807) is 12.1 Å². The topological polar surface area (TPSA) is 53.2 Å². The van der Waals surface area contributed by atoms with Crippen LogP contribution in [0.2, 0.25) is 0 Å². The first-order chi connectivity index (χ1) is 8.63. The fraction of sp³-hybridized carbons (Fsp3) is 0. The summed E-state index contributed by atoms with van der Waals surface area (Å²) in [4.78, 5) is 0. The first-order valence-corrected chi connectivity index (χ1v) is 6.56. The van der Waals surface area contributed by atoms with Crippen molar-refractivity contribution in [2.75, 3.05) is 0 Å². The summed E-state index contributed by atoms with van der Waals surface area (Å²) < 4.78 is 6.77. The molecule has 5 heteroatoms. The highest BCUT2D eigenvalue weighted by Crippen LogP contribution is 2.37. The molecule has 90 valence electrons. The van der Waals surface area contributed by atoms with Gasteiger partial charge in [-0.15, -0.1) is 0 Å². The molecular weight excluding hydrogens is 362 g/mol. The fourth-order valence-electron chi connectivity index (χ4n) is 1.38. The Balaban J connectivity index is 2.45. The smallest absolute Gasteiger partial charge is 0.146 e. The second-order valence-corrected chi connectivity index (χ2v) is 5.06. The summed E-state index contributed by atoms with van der Waals surface area (Å²) in [5.74, 6) is 0.992. The van der Waals surface area contributed by atoms with Crippen LogP contribution in [0.25, 0.3) is 0 Å². The Hall–Kier alpha value is -1.51. The van der Waals surface area contributed by atoms with E-state index >= 15 is 0 Å². The minimum Gasteiger partial charge on any atom is -0.507 e. The highest BCUT2D eigenvalue weighted by Gasteiger charge is 2.13. The summed E-state index contributed by atoms with van der Waals surface area (Å²) in [6.07, 6.45) is 0. The molecule has 0 aromatic heterocycles. The Bertz CT molecular complexity index is 635. The van der Waals surface area contributed by atoms with Crippen molar-refractivity contribution in [1.82, 2.24) is 0 Å². The van der Waals surface area contributed by atoms with E-state index in [0.717, 1.165) is 4.47 Å². The molecule has 0 fully saturated rings. The van der Waals surface area contributed by atoms with Gasteiger partial charge in [0.25, 0.3) is 0 Å². The van der Waals surface area contributed by atoms with Gasteiger partial charge in [0.15, 0.2) is 0 Å². The van der Waals surface area contributed by atoms with Crippen LogP contribution in [0.3, 0.4) is 0 Å². The Morgan fingerprint density at radius 1 is 1.06 bits per heavy atom. The van der Waals surface area contributed by atoms with Gasteiger partial charge in [-0.05, 0) is 56.1 Å². The summed E-state index contributed by atoms with van der Waals surface area (Å²) >= 11 is 6.52. The predicted octanol–water partition coefficient (Wildman–Crippen LogP) is 4.58. The van der Waals surface area contributed by atoms with Gasteiger partial charge in [0.2, 0.25) is 0 Å². The summed E-state index contributed by atoms with van der Waals surface area (Å²) in [7, 11) is 0. The van der Waals surface area contributed by atoms with Gasteiger partial charge in [-0.3, -0.25) is 0 Å². The molecule has 1 N–H and O–H groups in total. The Morgan fingerprint density at radius 3 is 2.44 bits per heavy atom. The van der Waals surface area contributed by atoms with Crippen molar-refractivity contribution in [1.29, 1.82) is 5.26 Å². The van der Waals surface area contributed by atoms with Crippen molar-refractivity contribution in [3.8, 4) is 23.3 Å². The minimum atomic E-state index is 0.00558. The Morgan fingerprint density at radius 2 is 1.78 bits per heavy atom. The van der Waals surface area contributed by atoms with Crippen molar-refractivity contribution >= 4 is 31.9 Å². The maximum Gasteiger partial charge on any atom is 0.146 e. The van der Waals surface area contributed by atoms with E-state index in [9.17, 15) is 5.11 Å². The van der Waals surface area contributed by atoms with E-state index in [1.165, 1.54) is 6.07 Å². The molecule has 2 aromatic carbocycles. The second-order valence-electron chi connectivity index (χ2n) is 3.42. The number of aromatic hydroxyl groups is 1. The molecule has 0 heterocycles. The molecule has 0 atom stereocenters. The predicted molar refractivity (Wildman–Crippen MR) is 74.7 cm³/mol. The number of hydrogen-bond donors (Lipinski definition) is 1. The van der Waals surface area contributed by atoms with Crippen LogP contribution in [-0.2, 0) is 0 Å². The molecule has 0 spiro atoms. The zero-order valence-corrected chi connectivity index (χ0v) is 12.2. The molecule has 2 rings (SSSR count). The van der Waals surface area contributed by atoms with E-state index in [2.05, 4.69) is 31.9 Å². The quantitative estimate of drug-likeness (QED) is 0.843. The lowest BCUT2D eigenvalue weighted by Gasteiger charge is -2.10. The largest absolute Gasteiger partial charge is 0.507 e. The van der Waals surface area contributed by atoms with Gasteiger partial charge in [-0.2, -0.15) is 5.26 Å². The Labute approximate surface area is 121 Å². The van der Waals surface area contributed by atoms with Gasteiger partial charge in [-0.25, -0.2) is 0 Å². The van der Waals surface area contributed by atoms with Crippen LogP contribution in [0.5, 0.6) is 17.2 Å². The van der Waals surface area contributed by atoms with Crippen LogP contribution in [0.15, 0.2) is 45.3 Å². The molecule has 0 aliphatic carbocycles. The van der Waals surface area contributed by atoms with Crippen LogP contribution < -0.4 is 4.74 Å². The van der Waals surface area contributed by atoms with Crippen molar-refractivity contribution in [3.63, 3.8) is 0 Å². The van der Waals surface area contributed by atoms with E-state index in [4.69, 9.17) is 10.00 Å². The van der Waals surface area contributed by atoms with Crippen LogP contribution >= 0.6 is 31.9 Å².